The Morgan fingerprint density at radius 2 is 2.00 bits per heavy atom. The Kier molecular flexibility index (Phi) is 4.89. The third-order valence-electron chi connectivity index (χ3n) is 2.49. The van der Waals surface area contributed by atoms with Crippen LogP contribution in [0.25, 0.3) is 0 Å². The fraction of sp³-hybridized carbons (Fsp3) is 0.231. The summed E-state index contributed by atoms with van der Waals surface area (Å²) in [6, 6.07) is 9.28. The van der Waals surface area contributed by atoms with Crippen molar-refractivity contribution in [1.29, 1.82) is 0 Å². The van der Waals surface area contributed by atoms with Crippen LogP contribution in [-0.4, -0.2) is 32.3 Å². The summed E-state index contributed by atoms with van der Waals surface area (Å²) in [5.41, 5.74) is 0.874. The molecule has 0 aliphatic heterocycles. The van der Waals surface area contributed by atoms with Crippen LogP contribution in [0.3, 0.4) is 0 Å². The molecule has 2 aromatic rings. The summed E-state index contributed by atoms with van der Waals surface area (Å²) in [5.74, 6) is -0.508. The molecule has 1 heterocycles. The lowest BCUT2D eigenvalue weighted by Gasteiger charge is -2.04. The summed E-state index contributed by atoms with van der Waals surface area (Å²) in [7, 11) is 1.79. The Hall–Kier alpha value is -2.15. The zero-order chi connectivity index (χ0) is 14.4. The van der Waals surface area contributed by atoms with E-state index in [4.69, 9.17) is 0 Å². The first kappa shape index (κ1) is 14.3. The van der Waals surface area contributed by atoms with Crippen LogP contribution >= 0.6 is 11.8 Å². The minimum Gasteiger partial charge on any atom is -0.312 e. The van der Waals surface area contributed by atoms with Gasteiger partial charge in [0.25, 0.3) is 0 Å². The quantitative estimate of drug-likeness (QED) is 0.824. The number of imide groups is 1. The summed E-state index contributed by atoms with van der Waals surface area (Å²) in [5, 5.41) is 10.5. The molecule has 0 aliphatic rings. The Labute approximate surface area is 120 Å². The summed E-state index contributed by atoms with van der Waals surface area (Å²) < 4.78 is 1.71. The smallest absolute Gasteiger partial charge is 0.237 e. The Bertz CT molecular complexity index is 597. The van der Waals surface area contributed by atoms with Gasteiger partial charge in [0.05, 0.1) is 12.2 Å². The fourth-order valence-corrected chi connectivity index (χ4v) is 2.24. The number of aromatic nitrogens is 3. The van der Waals surface area contributed by atoms with Crippen LogP contribution in [0.4, 0.5) is 0 Å². The number of benzene rings is 1. The molecule has 0 atom stereocenters. The van der Waals surface area contributed by atoms with Crippen LogP contribution in [-0.2, 0) is 23.1 Å². The maximum absolute atomic E-state index is 11.7. The molecule has 0 unspecified atom stereocenters. The second-order valence-electron chi connectivity index (χ2n) is 4.15. The van der Waals surface area contributed by atoms with Crippen molar-refractivity contribution in [3.8, 4) is 0 Å². The summed E-state index contributed by atoms with van der Waals surface area (Å²) in [6.45, 7) is 0. The molecular weight excluding hydrogens is 276 g/mol. The number of carbonyl (C=O) groups is 2. The van der Waals surface area contributed by atoms with E-state index in [2.05, 4.69) is 15.5 Å². The first-order valence-corrected chi connectivity index (χ1v) is 6.97. The molecule has 0 saturated heterocycles. The van der Waals surface area contributed by atoms with Crippen LogP contribution < -0.4 is 5.32 Å². The van der Waals surface area contributed by atoms with Crippen LogP contribution in [0.2, 0.25) is 0 Å². The SMILES string of the molecule is Cn1cnnc1SCC(=O)NC(=O)Cc1ccccc1. The van der Waals surface area contributed by atoms with Crippen molar-refractivity contribution in [1.82, 2.24) is 20.1 Å². The Morgan fingerprint density at radius 1 is 1.25 bits per heavy atom. The minimum atomic E-state index is -0.334. The molecule has 2 amide bonds. The Morgan fingerprint density at radius 3 is 2.65 bits per heavy atom. The third-order valence-corrected chi connectivity index (χ3v) is 3.52. The van der Waals surface area contributed by atoms with Crippen LogP contribution in [0.15, 0.2) is 41.8 Å². The van der Waals surface area contributed by atoms with E-state index in [-0.39, 0.29) is 24.0 Å². The molecule has 1 aromatic heterocycles. The zero-order valence-corrected chi connectivity index (χ0v) is 11.8. The average molecular weight is 290 g/mol. The van der Waals surface area contributed by atoms with Gasteiger partial charge in [-0.1, -0.05) is 42.1 Å². The molecule has 20 heavy (non-hydrogen) atoms. The molecule has 0 saturated carbocycles. The number of nitrogens with one attached hydrogen (secondary N) is 1. The topological polar surface area (TPSA) is 76.9 Å². The van der Waals surface area contributed by atoms with E-state index < -0.39 is 0 Å². The highest BCUT2D eigenvalue weighted by Gasteiger charge is 2.10. The van der Waals surface area contributed by atoms with E-state index in [9.17, 15) is 9.59 Å². The van der Waals surface area contributed by atoms with Gasteiger partial charge in [0.2, 0.25) is 11.8 Å². The molecule has 0 bridgehead atoms. The molecule has 1 N–H and O–H groups in total. The molecule has 104 valence electrons. The Balaban J connectivity index is 1.77. The molecule has 0 aliphatic carbocycles. The van der Waals surface area contributed by atoms with Gasteiger partial charge in [-0.05, 0) is 5.56 Å². The number of thioether (sulfide) groups is 1. The first-order valence-electron chi connectivity index (χ1n) is 5.98. The largest absolute Gasteiger partial charge is 0.312 e. The van der Waals surface area contributed by atoms with Gasteiger partial charge < -0.3 is 4.57 Å². The number of aryl methyl sites for hydroxylation is 1. The van der Waals surface area contributed by atoms with Gasteiger partial charge in [-0.3, -0.25) is 14.9 Å². The maximum atomic E-state index is 11.7. The highest BCUT2D eigenvalue weighted by atomic mass is 32.2. The van der Waals surface area contributed by atoms with E-state index in [1.54, 1.807) is 17.9 Å². The number of hydrogen-bond donors (Lipinski definition) is 1. The van der Waals surface area contributed by atoms with Gasteiger partial charge in [-0.25, -0.2) is 0 Å². The van der Waals surface area contributed by atoms with Crippen molar-refractivity contribution >= 4 is 23.6 Å². The highest BCUT2D eigenvalue weighted by Crippen LogP contribution is 2.12. The average Bonchev–Trinajstić information content (AvgIpc) is 2.83. The van der Waals surface area contributed by atoms with E-state index in [1.165, 1.54) is 11.8 Å². The van der Waals surface area contributed by atoms with Gasteiger partial charge in [0, 0.05) is 7.05 Å². The molecule has 0 fully saturated rings. The van der Waals surface area contributed by atoms with Crippen molar-refractivity contribution in [3.63, 3.8) is 0 Å². The molecule has 6 nitrogen and oxygen atoms in total. The number of carbonyl (C=O) groups excluding carboxylic acids is 2. The first-order chi connectivity index (χ1) is 9.65. The maximum Gasteiger partial charge on any atom is 0.237 e. The molecular formula is C13H14N4O2S. The zero-order valence-electron chi connectivity index (χ0n) is 10.9. The number of nitrogens with zero attached hydrogens (tertiary/aromatic N) is 3. The van der Waals surface area contributed by atoms with Gasteiger partial charge in [0.15, 0.2) is 5.16 Å². The van der Waals surface area contributed by atoms with Crippen LogP contribution in [0.5, 0.6) is 0 Å². The lowest BCUT2D eigenvalue weighted by molar-refractivity contribution is -0.128. The number of rotatable bonds is 5. The van der Waals surface area contributed by atoms with Gasteiger partial charge in [0.1, 0.15) is 6.33 Å². The second-order valence-corrected chi connectivity index (χ2v) is 5.09. The standard InChI is InChI=1S/C13H14N4O2S/c1-17-9-14-16-13(17)20-8-12(19)15-11(18)7-10-5-3-2-4-6-10/h2-6,9H,7-8H2,1H3,(H,15,18,19). The van der Waals surface area contributed by atoms with Crippen LogP contribution in [0.1, 0.15) is 5.56 Å². The minimum absolute atomic E-state index is 0.132. The van der Waals surface area contributed by atoms with E-state index in [0.29, 0.717) is 5.16 Å². The molecule has 2 rings (SSSR count). The van der Waals surface area contributed by atoms with Crippen molar-refractivity contribution in [2.24, 2.45) is 7.05 Å². The molecule has 1 aromatic carbocycles. The lowest BCUT2D eigenvalue weighted by Crippen LogP contribution is -2.33. The predicted octanol–water partition coefficient (Wildman–Crippen LogP) is 0.793. The van der Waals surface area contributed by atoms with E-state index >= 15 is 0 Å². The monoisotopic (exact) mass is 290 g/mol. The van der Waals surface area contributed by atoms with Crippen molar-refractivity contribution in [2.45, 2.75) is 11.6 Å². The van der Waals surface area contributed by atoms with Crippen molar-refractivity contribution < 1.29 is 9.59 Å². The molecule has 7 heteroatoms. The van der Waals surface area contributed by atoms with Gasteiger partial charge >= 0.3 is 0 Å². The van der Waals surface area contributed by atoms with Crippen LogP contribution in [0, 0.1) is 0 Å². The number of amides is 2. The molecule has 0 radical (unpaired) electrons. The van der Waals surface area contributed by atoms with Crippen molar-refractivity contribution in [3.05, 3.63) is 42.2 Å². The normalized spacial score (nSPS) is 10.2. The predicted molar refractivity (Wildman–Crippen MR) is 75.0 cm³/mol. The third kappa shape index (κ3) is 4.20. The van der Waals surface area contributed by atoms with Gasteiger partial charge in [-0.2, -0.15) is 0 Å². The lowest BCUT2D eigenvalue weighted by atomic mass is 10.1. The highest BCUT2D eigenvalue weighted by molar-refractivity contribution is 7.99. The number of hydrogen-bond acceptors (Lipinski definition) is 5. The summed E-state index contributed by atoms with van der Waals surface area (Å²) in [4.78, 5) is 23.3. The van der Waals surface area contributed by atoms with E-state index in [1.807, 2.05) is 30.3 Å². The summed E-state index contributed by atoms with van der Waals surface area (Å²) >= 11 is 1.24. The van der Waals surface area contributed by atoms with E-state index in [0.717, 1.165) is 5.56 Å². The van der Waals surface area contributed by atoms with Gasteiger partial charge in [-0.15, -0.1) is 10.2 Å². The van der Waals surface area contributed by atoms with Crippen molar-refractivity contribution in [2.75, 3.05) is 5.75 Å². The molecule has 0 spiro atoms. The second kappa shape index (κ2) is 6.85. The fourth-order valence-electron chi connectivity index (χ4n) is 1.55. The summed E-state index contributed by atoms with van der Waals surface area (Å²) in [6.07, 6.45) is 1.75.